The minimum Gasteiger partial charge on any atom is -0.480 e. The Bertz CT molecular complexity index is 695. The molecule has 9 atom stereocenters. The lowest BCUT2D eigenvalue weighted by Gasteiger charge is -2.61. The second kappa shape index (κ2) is 8.68. The molecule has 5 heteroatoms. The van der Waals surface area contributed by atoms with Gasteiger partial charge in [-0.3, -0.25) is 9.59 Å². The molecule has 0 aromatic carbocycles. The highest BCUT2D eigenvalue weighted by atomic mass is 16.4. The average molecular weight is 434 g/mol. The maximum absolute atomic E-state index is 12.0. The number of hydrogen-bond donors (Lipinski definition) is 3. The predicted octanol–water partition coefficient (Wildman–Crippen LogP) is 4.62. The van der Waals surface area contributed by atoms with Gasteiger partial charge < -0.3 is 15.5 Å². The minimum absolute atomic E-state index is 0.0760. The lowest BCUT2D eigenvalue weighted by molar-refractivity contribution is -0.138. The Kier molecular flexibility index (Phi) is 6.46. The van der Waals surface area contributed by atoms with Gasteiger partial charge >= 0.3 is 5.97 Å². The Morgan fingerprint density at radius 1 is 1.00 bits per heavy atom. The van der Waals surface area contributed by atoms with E-state index in [0.717, 1.165) is 37.0 Å². The van der Waals surface area contributed by atoms with Crippen LogP contribution in [-0.4, -0.2) is 34.7 Å². The Labute approximate surface area is 187 Å². The molecule has 0 radical (unpaired) electrons. The summed E-state index contributed by atoms with van der Waals surface area (Å²) in [6.45, 7) is 7.13. The van der Waals surface area contributed by atoms with Crippen LogP contribution in [0.25, 0.3) is 0 Å². The van der Waals surface area contributed by atoms with E-state index >= 15 is 0 Å². The molecule has 5 nitrogen and oxygen atoms in total. The lowest BCUT2D eigenvalue weighted by Crippen LogP contribution is -2.54. The third kappa shape index (κ3) is 4.16. The van der Waals surface area contributed by atoms with Gasteiger partial charge in [-0.25, -0.2) is 0 Å². The zero-order chi connectivity index (χ0) is 22.4. The first-order valence-electron chi connectivity index (χ1n) is 12.8. The second-order valence-corrected chi connectivity index (χ2v) is 12.0. The monoisotopic (exact) mass is 433 g/mol. The molecular formula is C26H43NO4. The number of carboxylic acids is 1. The third-order valence-electron chi connectivity index (χ3n) is 10.7. The zero-order valence-electron chi connectivity index (χ0n) is 19.7. The van der Waals surface area contributed by atoms with Gasteiger partial charge in [-0.05, 0) is 111 Å². The van der Waals surface area contributed by atoms with Gasteiger partial charge in [-0.1, -0.05) is 20.8 Å². The molecule has 4 fully saturated rings. The van der Waals surface area contributed by atoms with E-state index in [0.29, 0.717) is 35.0 Å². The molecule has 31 heavy (non-hydrogen) atoms. The van der Waals surface area contributed by atoms with Crippen LogP contribution in [0.1, 0.15) is 91.4 Å². The molecule has 0 aliphatic heterocycles. The number of nitrogens with one attached hydrogen (secondary N) is 1. The van der Waals surface area contributed by atoms with Crippen LogP contribution in [0.3, 0.4) is 0 Å². The second-order valence-electron chi connectivity index (χ2n) is 12.0. The first kappa shape index (κ1) is 23.1. The van der Waals surface area contributed by atoms with E-state index in [2.05, 4.69) is 26.1 Å². The summed E-state index contributed by atoms with van der Waals surface area (Å²) in [5.74, 6) is 3.23. The molecule has 0 spiro atoms. The van der Waals surface area contributed by atoms with E-state index in [1.165, 1.54) is 44.9 Å². The van der Waals surface area contributed by atoms with E-state index in [1.54, 1.807) is 0 Å². The summed E-state index contributed by atoms with van der Waals surface area (Å²) in [5, 5.41) is 21.5. The van der Waals surface area contributed by atoms with Crippen LogP contribution in [0.4, 0.5) is 0 Å². The predicted molar refractivity (Wildman–Crippen MR) is 120 cm³/mol. The Hall–Kier alpha value is -1.10. The number of carbonyl (C=O) groups excluding carboxylic acids is 1. The topological polar surface area (TPSA) is 86.6 Å². The third-order valence-corrected chi connectivity index (χ3v) is 10.7. The molecule has 0 heterocycles. The molecular weight excluding hydrogens is 390 g/mol. The average Bonchev–Trinajstić information content (AvgIpc) is 3.08. The van der Waals surface area contributed by atoms with Gasteiger partial charge in [0.15, 0.2) is 0 Å². The number of amides is 1. The van der Waals surface area contributed by atoms with Crippen LogP contribution in [0.5, 0.6) is 0 Å². The fourth-order valence-corrected chi connectivity index (χ4v) is 9.03. The van der Waals surface area contributed by atoms with Crippen LogP contribution in [-0.2, 0) is 9.59 Å². The highest BCUT2D eigenvalue weighted by Crippen LogP contribution is 2.68. The smallest absolute Gasteiger partial charge is 0.322 e. The van der Waals surface area contributed by atoms with Crippen molar-refractivity contribution in [2.45, 2.75) is 97.5 Å². The summed E-state index contributed by atoms with van der Waals surface area (Å²) in [6.07, 6.45) is 12.3. The summed E-state index contributed by atoms with van der Waals surface area (Å²) >= 11 is 0. The number of fused-ring (bicyclic) bond motifs is 5. The van der Waals surface area contributed by atoms with Crippen molar-refractivity contribution in [2.75, 3.05) is 6.54 Å². The van der Waals surface area contributed by atoms with Crippen molar-refractivity contribution < 1.29 is 19.8 Å². The number of aliphatic carboxylic acids is 1. The number of hydrogen-bond acceptors (Lipinski definition) is 3. The van der Waals surface area contributed by atoms with Crippen molar-refractivity contribution in [3.05, 3.63) is 0 Å². The van der Waals surface area contributed by atoms with Crippen molar-refractivity contribution in [2.24, 2.45) is 46.3 Å². The summed E-state index contributed by atoms with van der Waals surface area (Å²) in [4.78, 5) is 22.7. The number of carboxylic acid groups (broad SMARTS) is 1. The summed E-state index contributed by atoms with van der Waals surface area (Å²) < 4.78 is 0. The number of rotatable bonds is 6. The van der Waals surface area contributed by atoms with Crippen LogP contribution in [0, 0.1) is 46.3 Å². The van der Waals surface area contributed by atoms with Crippen LogP contribution >= 0.6 is 0 Å². The maximum Gasteiger partial charge on any atom is 0.322 e. The number of aliphatic hydroxyl groups is 1. The zero-order valence-corrected chi connectivity index (χ0v) is 19.7. The molecule has 0 aromatic heterocycles. The van der Waals surface area contributed by atoms with E-state index in [1.807, 2.05) is 0 Å². The van der Waals surface area contributed by atoms with Crippen molar-refractivity contribution in [1.29, 1.82) is 0 Å². The molecule has 0 unspecified atom stereocenters. The van der Waals surface area contributed by atoms with E-state index in [4.69, 9.17) is 5.11 Å². The van der Waals surface area contributed by atoms with Gasteiger partial charge in [-0.2, -0.15) is 0 Å². The molecule has 0 bridgehead atoms. The summed E-state index contributed by atoms with van der Waals surface area (Å²) in [6, 6.07) is 0. The van der Waals surface area contributed by atoms with Gasteiger partial charge in [0.1, 0.15) is 6.54 Å². The summed E-state index contributed by atoms with van der Waals surface area (Å²) in [5.41, 5.74) is 0.810. The highest BCUT2D eigenvalue weighted by molar-refractivity contribution is 5.81. The van der Waals surface area contributed by atoms with Gasteiger partial charge in [0.25, 0.3) is 0 Å². The Morgan fingerprint density at radius 2 is 1.71 bits per heavy atom. The SMILES string of the molecule is C[C@@H](CCC(=O)NCC(=O)O)[C@H]1CC[C@H]2[C@@H]3CC[C@@H]4C[C@H](O)CC[C@]4(C)[C@H]3CC[C@]12C. The standard InChI is InChI=1S/C26H43NO4/c1-16(4-9-23(29)27-15-24(30)31)20-7-8-21-19-6-5-17-14-18(28)10-12-25(17,2)22(19)11-13-26(20,21)3/h16-22,28H,4-15H2,1-3H3,(H,27,29)(H,30,31)/t16-,17+,18+,19-,20+,21-,22-,25-,26+/m0/s1. The van der Waals surface area contributed by atoms with Crippen LogP contribution in [0.2, 0.25) is 0 Å². The number of carbonyl (C=O) groups is 2. The van der Waals surface area contributed by atoms with Crippen molar-refractivity contribution in [3.63, 3.8) is 0 Å². The van der Waals surface area contributed by atoms with Gasteiger partial charge in [-0.15, -0.1) is 0 Å². The van der Waals surface area contributed by atoms with Crippen molar-refractivity contribution >= 4 is 11.9 Å². The fraction of sp³-hybridized carbons (Fsp3) is 0.923. The Morgan fingerprint density at radius 3 is 2.45 bits per heavy atom. The maximum atomic E-state index is 12.0. The normalized spacial score (nSPS) is 45.2. The minimum atomic E-state index is -0.986. The molecule has 1 amide bonds. The molecule has 4 saturated carbocycles. The van der Waals surface area contributed by atoms with Crippen molar-refractivity contribution in [1.82, 2.24) is 5.32 Å². The molecule has 4 aliphatic carbocycles. The van der Waals surface area contributed by atoms with E-state index < -0.39 is 5.97 Å². The van der Waals surface area contributed by atoms with Gasteiger partial charge in [0.2, 0.25) is 5.91 Å². The molecule has 4 aliphatic rings. The number of aliphatic hydroxyl groups excluding tert-OH is 1. The molecule has 176 valence electrons. The largest absolute Gasteiger partial charge is 0.480 e. The fourth-order valence-electron chi connectivity index (χ4n) is 9.03. The Balaban J connectivity index is 1.40. The summed E-state index contributed by atoms with van der Waals surface area (Å²) in [7, 11) is 0. The van der Waals surface area contributed by atoms with Crippen LogP contribution < -0.4 is 5.32 Å². The van der Waals surface area contributed by atoms with Gasteiger partial charge in [0.05, 0.1) is 6.10 Å². The van der Waals surface area contributed by atoms with E-state index in [-0.39, 0.29) is 18.6 Å². The molecule has 0 saturated heterocycles. The lowest BCUT2D eigenvalue weighted by atomic mass is 9.44. The van der Waals surface area contributed by atoms with E-state index in [9.17, 15) is 14.7 Å². The van der Waals surface area contributed by atoms with Crippen molar-refractivity contribution in [3.8, 4) is 0 Å². The van der Waals surface area contributed by atoms with Gasteiger partial charge in [0, 0.05) is 6.42 Å². The van der Waals surface area contributed by atoms with Crippen LogP contribution in [0.15, 0.2) is 0 Å². The first-order chi connectivity index (χ1) is 14.6. The first-order valence-corrected chi connectivity index (χ1v) is 12.8. The molecule has 0 aromatic rings. The quantitative estimate of drug-likeness (QED) is 0.570. The molecule has 4 rings (SSSR count). The molecule has 3 N–H and O–H groups in total. The highest BCUT2D eigenvalue weighted by Gasteiger charge is 2.60.